The number of anilines is 1. The molecule has 1 aliphatic rings. The molecule has 0 amide bonds. The molecule has 1 N–H and O–H groups in total. The Morgan fingerprint density at radius 2 is 2.25 bits per heavy atom. The highest BCUT2D eigenvalue weighted by atomic mass is 35.5. The van der Waals surface area contributed by atoms with E-state index in [4.69, 9.17) is 11.6 Å². The summed E-state index contributed by atoms with van der Waals surface area (Å²) in [5, 5.41) is 3.76. The van der Waals surface area contributed by atoms with Crippen LogP contribution in [0.25, 0.3) is 0 Å². The summed E-state index contributed by atoms with van der Waals surface area (Å²) in [6.07, 6.45) is 5.11. The van der Waals surface area contributed by atoms with Gasteiger partial charge in [0, 0.05) is 11.1 Å². The predicted octanol–water partition coefficient (Wildman–Crippen LogP) is 4.47. The molecule has 0 bridgehead atoms. The molecule has 1 aromatic carbocycles. The first-order valence-corrected chi connectivity index (χ1v) is 6.24. The molecule has 3 heteroatoms. The summed E-state index contributed by atoms with van der Waals surface area (Å²) < 4.78 is 13.4. The van der Waals surface area contributed by atoms with E-state index in [1.807, 2.05) is 0 Å². The molecule has 1 aromatic rings. The van der Waals surface area contributed by atoms with Crippen LogP contribution < -0.4 is 5.32 Å². The van der Waals surface area contributed by atoms with E-state index in [1.165, 1.54) is 25.3 Å². The first kappa shape index (κ1) is 11.7. The third-order valence-electron chi connectivity index (χ3n) is 3.24. The van der Waals surface area contributed by atoms with Crippen LogP contribution in [-0.4, -0.2) is 6.04 Å². The zero-order valence-electron chi connectivity index (χ0n) is 9.47. The summed E-state index contributed by atoms with van der Waals surface area (Å²) in [6.45, 7) is 2.10. The van der Waals surface area contributed by atoms with E-state index >= 15 is 0 Å². The van der Waals surface area contributed by atoms with Crippen LogP contribution in [0.3, 0.4) is 0 Å². The molecule has 0 spiro atoms. The van der Waals surface area contributed by atoms with E-state index in [0.717, 1.165) is 12.3 Å². The van der Waals surface area contributed by atoms with Gasteiger partial charge in [0.05, 0.1) is 5.69 Å². The maximum absolute atomic E-state index is 13.4. The van der Waals surface area contributed by atoms with Gasteiger partial charge >= 0.3 is 0 Å². The van der Waals surface area contributed by atoms with Crippen molar-refractivity contribution in [3.8, 4) is 0 Å². The third kappa shape index (κ3) is 2.88. The third-order valence-corrected chi connectivity index (χ3v) is 3.48. The lowest BCUT2D eigenvalue weighted by Crippen LogP contribution is -2.23. The van der Waals surface area contributed by atoms with Gasteiger partial charge in [-0.2, -0.15) is 0 Å². The molecule has 88 valence electrons. The molecule has 1 fully saturated rings. The van der Waals surface area contributed by atoms with Crippen LogP contribution in [0, 0.1) is 11.7 Å². The molecular weight excluding hydrogens is 225 g/mol. The quantitative estimate of drug-likeness (QED) is 0.820. The standard InChI is InChI=1S/C13H17ClFN/c1-9(7-10-3-2-4-10)16-13-8-11(14)5-6-12(13)15/h5-6,8-10,16H,2-4,7H2,1H3. The van der Waals surface area contributed by atoms with E-state index < -0.39 is 0 Å². The molecule has 0 aliphatic heterocycles. The molecular formula is C13H17ClFN. The van der Waals surface area contributed by atoms with Gasteiger partial charge in [-0.05, 0) is 37.5 Å². The lowest BCUT2D eigenvalue weighted by molar-refractivity contribution is 0.285. The molecule has 1 saturated carbocycles. The Labute approximate surface area is 101 Å². The summed E-state index contributed by atoms with van der Waals surface area (Å²) in [5.74, 6) is 0.592. The van der Waals surface area contributed by atoms with E-state index in [2.05, 4.69) is 12.2 Å². The van der Waals surface area contributed by atoms with Crippen molar-refractivity contribution in [2.45, 2.75) is 38.6 Å². The van der Waals surface area contributed by atoms with Gasteiger partial charge in [-0.15, -0.1) is 0 Å². The van der Waals surface area contributed by atoms with Crippen LogP contribution in [0.5, 0.6) is 0 Å². The summed E-state index contributed by atoms with van der Waals surface area (Å²) >= 11 is 5.84. The van der Waals surface area contributed by atoms with Gasteiger partial charge in [-0.3, -0.25) is 0 Å². The van der Waals surface area contributed by atoms with Crippen LogP contribution in [0.4, 0.5) is 10.1 Å². The Morgan fingerprint density at radius 1 is 1.50 bits per heavy atom. The smallest absolute Gasteiger partial charge is 0.146 e. The molecule has 0 saturated heterocycles. The van der Waals surface area contributed by atoms with Crippen LogP contribution in [-0.2, 0) is 0 Å². The van der Waals surface area contributed by atoms with Crippen molar-refractivity contribution in [3.63, 3.8) is 0 Å². The molecule has 0 heterocycles. The van der Waals surface area contributed by atoms with E-state index in [0.29, 0.717) is 16.8 Å². The van der Waals surface area contributed by atoms with Crippen molar-refractivity contribution < 1.29 is 4.39 Å². The summed E-state index contributed by atoms with van der Waals surface area (Å²) in [4.78, 5) is 0. The predicted molar refractivity (Wildman–Crippen MR) is 66.5 cm³/mol. The highest BCUT2D eigenvalue weighted by molar-refractivity contribution is 6.30. The molecule has 1 atom stereocenters. The fourth-order valence-electron chi connectivity index (χ4n) is 2.16. The van der Waals surface area contributed by atoms with Crippen LogP contribution in [0.2, 0.25) is 5.02 Å². The Bertz CT molecular complexity index is 363. The van der Waals surface area contributed by atoms with Crippen molar-refractivity contribution in [1.82, 2.24) is 0 Å². The first-order chi connectivity index (χ1) is 7.65. The number of rotatable bonds is 4. The topological polar surface area (TPSA) is 12.0 Å². The minimum atomic E-state index is -0.232. The van der Waals surface area contributed by atoms with Crippen molar-refractivity contribution in [2.24, 2.45) is 5.92 Å². The average Bonchev–Trinajstić information content (AvgIpc) is 2.18. The van der Waals surface area contributed by atoms with E-state index in [-0.39, 0.29) is 5.82 Å². The van der Waals surface area contributed by atoms with Gasteiger partial charge in [0.1, 0.15) is 5.82 Å². The molecule has 1 aliphatic carbocycles. The highest BCUT2D eigenvalue weighted by Gasteiger charge is 2.20. The van der Waals surface area contributed by atoms with Gasteiger partial charge in [0.15, 0.2) is 0 Å². The lowest BCUT2D eigenvalue weighted by atomic mass is 9.81. The monoisotopic (exact) mass is 241 g/mol. The minimum absolute atomic E-state index is 0.232. The van der Waals surface area contributed by atoms with Crippen LogP contribution >= 0.6 is 11.6 Å². The average molecular weight is 242 g/mol. The minimum Gasteiger partial charge on any atom is -0.380 e. The Kier molecular flexibility index (Phi) is 3.70. The molecule has 1 nitrogen and oxygen atoms in total. The van der Waals surface area contributed by atoms with Gasteiger partial charge in [0.25, 0.3) is 0 Å². The second-order valence-electron chi connectivity index (χ2n) is 4.70. The molecule has 16 heavy (non-hydrogen) atoms. The maximum Gasteiger partial charge on any atom is 0.146 e. The number of halogens is 2. The number of hydrogen-bond acceptors (Lipinski definition) is 1. The lowest BCUT2D eigenvalue weighted by Gasteiger charge is -2.29. The van der Waals surface area contributed by atoms with Gasteiger partial charge in [-0.1, -0.05) is 30.9 Å². The second-order valence-corrected chi connectivity index (χ2v) is 5.14. The Morgan fingerprint density at radius 3 is 2.88 bits per heavy atom. The first-order valence-electron chi connectivity index (χ1n) is 5.87. The van der Waals surface area contributed by atoms with Crippen molar-refractivity contribution in [2.75, 3.05) is 5.32 Å². The van der Waals surface area contributed by atoms with E-state index in [9.17, 15) is 4.39 Å². The van der Waals surface area contributed by atoms with Gasteiger partial charge < -0.3 is 5.32 Å². The summed E-state index contributed by atoms with van der Waals surface area (Å²) in [5.41, 5.74) is 0.513. The largest absolute Gasteiger partial charge is 0.380 e. The molecule has 2 rings (SSSR count). The fourth-order valence-corrected chi connectivity index (χ4v) is 2.33. The summed E-state index contributed by atoms with van der Waals surface area (Å²) in [6, 6.07) is 4.92. The summed E-state index contributed by atoms with van der Waals surface area (Å²) in [7, 11) is 0. The maximum atomic E-state index is 13.4. The zero-order chi connectivity index (χ0) is 11.5. The van der Waals surface area contributed by atoms with Crippen LogP contribution in [0.1, 0.15) is 32.6 Å². The number of nitrogens with one attached hydrogen (secondary N) is 1. The SMILES string of the molecule is CC(CC1CCC1)Nc1cc(Cl)ccc1F. The van der Waals surface area contributed by atoms with Crippen LogP contribution in [0.15, 0.2) is 18.2 Å². The highest BCUT2D eigenvalue weighted by Crippen LogP contribution is 2.31. The Hall–Kier alpha value is -0.760. The fraction of sp³-hybridized carbons (Fsp3) is 0.538. The van der Waals surface area contributed by atoms with Crippen molar-refractivity contribution in [3.05, 3.63) is 29.0 Å². The van der Waals surface area contributed by atoms with Gasteiger partial charge in [-0.25, -0.2) is 4.39 Å². The normalized spacial score (nSPS) is 17.9. The molecule has 0 aromatic heterocycles. The van der Waals surface area contributed by atoms with Crippen molar-refractivity contribution >= 4 is 17.3 Å². The Balaban J connectivity index is 1.93. The zero-order valence-corrected chi connectivity index (χ0v) is 10.2. The van der Waals surface area contributed by atoms with Gasteiger partial charge in [0.2, 0.25) is 0 Å². The van der Waals surface area contributed by atoms with Crippen molar-refractivity contribution in [1.29, 1.82) is 0 Å². The number of hydrogen-bond donors (Lipinski definition) is 1. The number of benzene rings is 1. The molecule has 1 unspecified atom stereocenters. The second kappa shape index (κ2) is 5.05. The molecule has 0 radical (unpaired) electrons. The van der Waals surface area contributed by atoms with E-state index in [1.54, 1.807) is 12.1 Å².